The van der Waals surface area contributed by atoms with Gasteiger partial charge in [-0.05, 0) is 81.6 Å². The lowest BCUT2D eigenvalue weighted by molar-refractivity contribution is 0.289. The first-order valence-electron chi connectivity index (χ1n) is 8.27. The SMILES string of the molecule is Cc1cc(NC(=S)N(CCN(C)C)[C@@H](C)c2ccncc2)ccc1Cl. The molecule has 0 aliphatic heterocycles. The lowest BCUT2D eigenvalue weighted by atomic mass is 10.1. The molecule has 2 rings (SSSR count). The molecule has 0 aliphatic rings. The van der Waals surface area contributed by atoms with Crippen molar-refractivity contribution in [2.45, 2.75) is 19.9 Å². The number of benzene rings is 1. The lowest BCUT2D eigenvalue weighted by Crippen LogP contribution is -2.40. The number of hydrogen-bond donors (Lipinski definition) is 1. The molecule has 1 atom stereocenters. The normalized spacial score (nSPS) is 12.1. The highest BCUT2D eigenvalue weighted by atomic mass is 35.5. The average molecular weight is 377 g/mol. The number of likely N-dealkylation sites (N-methyl/N-ethyl adjacent to an activating group) is 1. The monoisotopic (exact) mass is 376 g/mol. The van der Waals surface area contributed by atoms with Crippen LogP contribution in [0.3, 0.4) is 0 Å². The Morgan fingerprint density at radius 3 is 2.48 bits per heavy atom. The van der Waals surface area contributed by atoms with Crippen LogP contribution in [0.15, 0.2) is 42.7 Å². The molecule has 0 amide bonds. The molecular weight excluding hydrogens is 352 g/mol. The molecule has 25 heavy (non-hydrogen) atoms. The first kappa shape index (κ1) is 19.6. The molecule has 0 bridgehead atoms. The molecule has 1 aromatic carbocycles. The van der Waals surface area contributed by atoms with Gasteiger partial charge in [-0.25, -0.2) is 0 Å². The van der Waals surface area contributed by atoms with Crippen molar-refractivity contribution in [3.05, 3.63) is 58.9 Å². The quantitative estimate of drug-likeness (QED) is 0.757. The number of aromatic nitrogens is 1. The van der Waals surface area contributed by atoms with Crippen LogP contribution in [-0.2, 0) is 0 Å². The van der Waals surface area contributed by atoms with Gasteiger partial charge in [0.05, 0.1) is 6.04 Å². The third-order valence-corrected chi connectivity index (χ3v) is 4.87. The summed E-state index contributed by atoms with van der Waals surface area (Å²) < 4.78 is 0. The minimum atomic E-state index is 0.149. The van der Waals surface area contributed by atoms with Gasteiger partial charge < -0.3 is 15.1 Å². The van der Waals surface area contributed by atoms with Crippen molar-refractivity contribution < 1.29 is 0 Å². The second-order valence-electron chi connectivity index (χ2n) is 6.35. The zero-order chi connectivity index (χ0) is 18.4. The van der Waals surface area contributed by atoms with E-state index in [1.54, 1.807) is 0 Å². The van der Waals surface area contributed by atoms with Crippen LogP contribution in [0.25, 0.3) is 0 Å². The Hall–Kier alpha value is -1.69. The van der Waals surface area contributed by atoms with Gasteiger partial charge in [-0.2, -0.15) is 0 Å². The van der Waals surface area contributed by atoms with Crippen molar-refractivity contribution in [2.24, 2.45) is 0 Å². The van der Waals surface area contributed by atoms with Crippen LogP contribution < -0.4 is 5.32 Å². The molecule has 1 aromatic heterocycles. The summed E-state index contributed by atoms with van der Waals surface area (Å²) in [4.78, 5) is 8.46. The van der Waals surface area contributed by atoms with Crippen molar-refractivity contribution in [3.63, 3.8) is 0 Å². The molecule has 0 aliphatic carbocycles. The maximum atomic E-state index is 6.11. The molecular formula is C19H25ClN4S. The maximum absolute atomic E-state index is 6.11. The van der Waals surface area contributed by atoms with Gasteiger partial charge in [-0.3, -0.25) is 4.98 Å². The van der Waals surface area contributed by atoms with E-state index >= 15 is 0 Å². The van der Waals surface area contributed by atoms with Crippen molar-refractivity contribution >= 4 is 34.6 Å². The van der Waals surface area contributed by atoms with E-state index in [0.29, 0.717) is 5.11 Å². The predicted octanol–water partition coefficient (Wildman–Crippen LogP) is 4.37. The number of halogens is 1. The number of nitrogens with one attached hydrogen (secondary N) is 1. The number of thiocarbonyl (C=S) groups is 1. The Balaban J connectivity index is 2.18. The number of pyridine rings is 1. The highest BCUT2D eigenvalue weighted by Crippen LogP contribution is 2.23. The first-order chi connectivity index (χ1) is 11.9. The van der Waals surface area contributed by atoms with Crippen molar-refractivity contribution in [1.29, 1.82) is 0 Å². The van der Waals surface area contributed by atoms with Gasteiger partial charge in [0.25, 0.3) is 0 Å². The molecule has 1 N–H and O–H groups in total. The summed E-state index contributed by atoms with van der Waals surface area (Å²) in [6, 6.07) is 10.1. The molecule has 6 heteroatoms. The van der Waals surface area contributed by atoms with Gasteiger partial charge in [-0.15, -0.1) is 0 Å². The van der Waals surface area contributed by atoms with E-state index in [2.05, 4.69) is 41.1 Å². The Bertz CT molecular complexity index is 706. The topological polar surface area (TPSA) is 31.4 Å². The van der Waals surface area contributed by atoms with E-state index in [-0.39, 0.29) is 6.04 Å². The highest BCUT2D eigenvalue weighted by molar-refractivity contribution is 7.80. The summed E-state index contributed by atoms with van der Waals surface area (Å²) in [5, 5.41) is 4.81. The van der Waals surface area contributed by atoms with Gasteiger partial charge in [0.15, 0.2) is 5.11 Å². The molecule has 0 unspecified atom stereocenters. The molecule has 1 heterocycles. The minimum Gasteiger partial charge on any atom is -0.341 e. The van der Waals surface area contributed by atoms with Crippen LogP contribution in [0.2, 0.25) is 5.02 Å². The van der Waals surface area contributed by atoms with Crippen LogP contribution in [-0.4, -0.2) is 47.1 Å². The molecule has 0 radical (unpaired) electrons. The van der Waals surface area contributed by atoms with Crippen LogP contribution in [0.1, 0.15) is 24.1 Å². The second-order valence-corrected chi connectivity index (χ2v) is 7.14. The maximum Gasteiger partial charge on any atom is 0.173 e. The molecule has 134 valence electrons. The third-order valence-electron chi connectivity index (χ3n) is 4.11. The summed E-state index contributed by atoms with van der Waals surface area (Å²) in [5.74, 6) is 0. The number of aryl methyl sites for hydroxylation is 1. The Labute approximate surface area is 160 Å². The summed E-state index contributed by atoms with van der Waals surface area (Å²) in [6.07, 6.45) is 3.63. The Morgan fingerprint density at radius 2 is 1.88 bits per heavy atom. The van der Waals surface area contributed by atoms with E-state index in [1.807, 2.05) is 49.6 Å². The van der Waals surface area contributed by atoms with E-state index in [4.69, 9.17) is 23.8 Å². The first-order valence-corrected chi connectivity index (χ1v) is 9.05. The smallest absolute Gasteiger partial charge is 0.173 e. The van der Waals surface area contributed by atoms with E-state index in [0.717, 1.165) is 29.4 Å². The zero-order valence-electron chi connectivity index (χ0n) is 15.2. The van der Waals surface area contributed by atoms with E-state index in [1.165, 1.54) is 5.56 Å². The summed E-state index contributed by atoms with van der Waals surface area (Å²) >= 11 is 11.8. The fourth-order valence-electron chi connectivity index (χ4n) is 2.52. The molecule has 0 saturated carbocycles. The average Bonchev–Trinajstić information content (AvgIpc) is 2.58. The van der Waals surface area contributed by atoms with Crippen LogP contribution in [0.4, 0.5) is 5.69 Å². The molecule has 2 aromatic rings. The number of anilines is 1. The zero-order valence-corrected chi connectivity index (χ0v) is 16.7. The standard InChI is InChI=1S/C19H25ClN4S/c1-14-13-17(5-6-18(14)20)22-19(25)24(12-11-23(3)4)15(2)16-7-9-21-10-8-16/h5-10,13,15H,11-12H2,1-4H3,(H,22,25)/t15-/m0/s1. The van der Waals surface area contributed by atoms with Gasteiger partial charge in [-0.1, -0.05) is 11.6 Å². The van der Waals surface area contributed by atoms with Crippen LogP contribution in [0, 0.1) is 6.92 Å². The number of hydrogen-bond acceptors (Lipinski definition) is 3. The molecule has 0 fully saturated rings. The van der Waals surface area contributed by atoms with E-state index in [9.17, 15) is 0 Å². The van der Waals surface area contributed by atoms with Crippen LogP contribution in [0.5, 0.6) is 0 Å². The summed E-state index contributed by atoms with van der Waals surface area (Å²) in [7, 11) is 4.13. The van der Waals surface area contributed by atoms with Gasteiger partial charge >= 0.3 is 0 Å². The van der Waals surface area contributed by atoms with Crippen molar-refractivity contribution in [2.75, 3.05) is 32.5 Å². The van der Waals surface area contributed by atoms with Crippen molar-refractivity contribution in [3.8, 4) is 0 Å². The van der Waals surface area contributed by atoms with Gasteiger partial charge in [0.1, 0.15) is 0 Å². The Kier molecular flexibility index (Phi) is 7.17. The van der Waals surface area contributed by atoms with Gasteiger partial charge in [0.2, 0.25) is 0 Å². The Morgan fingerprint density at radius 1 is 1.20 bits per heavy atom. The lowest BCUT2D eigenvalue weighted by Gasteiger charge is -2.33. The number of nitrogens with zero attached hydrogens (tertiary/aromatic N) is 3. The predicted molar refractivity (Wildman–Crippen MR) is 110 cm³/mol. The third kappa shape index (κ3) is 5.66. The molecule has 0 saturated heterocycles. The highest BCUT2D eigenvalue weighted by Gasteiger charge is 2.19. The van der Waals surface area contributed by atoms with E-state index < -0.39 is 0 Å². The fourth-order valence-corrected chi connectivity index (χ4v) is 3.00. The van der Waals surface area contributed by atoms with Crippen molar-refractivity contribution in [1.82, 2.24) is 14.8 Å². The molecule has 0 spiro atoms. The largest absolute Gasteiger partial charge is 0.341 e. The summed E-state index contributed by atoms with van der Waals surface area (Å²) in [5.41, 5.74) is 3.16. The minimum absolute atomic E-state index is 0.149. The van der Waals surface area contributed by atoms with Crippen LogP contribution >= 0.6 is 23.8 Å². The fraction of sp³-hybridized carbons (Fsp3) is 0.368. The van der Waals surface area contributed by atoms with Gasteiger partial charge in [0, 0.05) is 36.2 Å². The number of rotatable bonds is 6. The molecule has 4 nitrogen and oxygen atoms in total. The summed E-state index contributed by atoms with van der Waals surface area (Å²) in [6.45, 7) is 5.89. The second kappa shape index (κ2) is 9.13.